The van der Waals surface area contributed by atoms with Crippen LogP contribution in [0.1, 0.15) is 6.42 Å². The minimum Gasteiger partial charge on any atom is -0.386 e. The summed E-state index contributed by atoms with van der Waals surface area (Å²) >= 11 is 0. The summed E-state index contributed by atoms with van der Waals surface area (Å²) in [5.41, 5.74) is 0. The molecule has 0 rings (SSSR count). The maximum absolute atomic E-state index is 11.8. The van der Waals surface area contributed by atoms with Crippen LogP contribution in [0.3, 0.4) is 0 Å². The van der Waals surface area contributed by atoms with Crippen molar-refractivity contribution in [3.63, 3.8) is 0 Å². The Balaban J connectivity index is 3.05. The summed E-state index contributed by atoms with van der Waals surface area (Å²) in [7, 11) is 1.59. The summed E-state index contributed by atoms with van der Waals surface area (Å²) in [5, 5.41) is 11.5. The fourth-order valence-electron chi connectivity index (χ4n) is 0.883. The highest BCUT2D eigenvalue weighted by Crippen LogP contribution is 1.98. The van der Waals surface area contributed by atoms with Gasteiger partial charge in [-0.25, -0.2) is 8.78 Å². The van der Waals surface area contributed by atoms with Gasteiger partial charge in [-0.3, -0.25) is 0 Å². The van der Waals surface area contributed by atoms with Crippen LogP contribution in [0.25, 0.3) is 0 Å². The molecule has 1 unspecified atom stereocenters. The second kappa shape index (κ2) is 10.2. The molecule has 0 heterocycles. The lowest BCUT2D eigenvalue weighted by atomic mass is 10.3. The van der Waals surface area contributed by atoms with Crippen molar-refractivity contribution in [3.8, 4) is 0 Å². The van der Waals surface area contributed by atoms with E-state index in [1.165, 1.54) is 0 Å². The first kappa shape index (κ1) is 14.7. The molecule has 0 saturated carbocycles. The molecule has 92 valence electrons. The van der Waals surface area contributed by atoms with Crippen LogP contribution in [-0.4, -0.2) is 57.7 Å². The van der Waals surface area contributed by atoms with Crippen LogP contribution in [0.2, 0.25) is 0 Å². The highest BCUT2D eigenvalue weighted by molar-refractivity contribution is 4.61. The van der Waals surface area contributed by atoms with Crippen molar-refractivity contribution in [3.05, 3.63) is 0 Å². The molecule has 0 fully saturated rings. The summed E-state index contributed by atoms with van der Waals surface area (Å²) in [5.74, 6) is 0. The summed E-state index contributed by atoms with van der Waals surface area (Å²) in [6, 6.07) is 0. The van der Waals surface area contributed by atoms with Crippen molar-refractivity contribution in [1.82, 2.24) is 5.32 Å². The maximum Gasteiger partial charge on any atom is 0.265 e. The predicted octanol–water partition coefficient (Wildman–Crippen LogP) is 0.255. The summed E-state index contributed by atoms with van der Waals surface area (Å²) in [6.45, 7) is 2.11. The van der Waals surface area contributed by atoms with Gasteiger partial charge < -0.3 is 19.9 Å². The monoisotopic (exact) mass is 227 g/mol. The average Bonchev–Trinajstić information content (AvgIpc) is 2.21. The molecule has 0 spiro atoms. The highest BCUT2D eigenvalue weighted by atomic mass is 19.3. The normalized spacial score (nSPS) is 13.4. The third kappa shape index (κ3) is 9.99. The molecule has 0 aliphatic heterocycles. The van der Waals surface area contributed by atoms with Gasteiger partial charge in [-0.05, 0) is 13.0 Å². The van der Waals surface area contributed by atoms with E-state index >= 15 is 0 Å². The highest BCUT2D eigenvalue weighted by Gasteiger charge is 2.15. The van der Waals surface area contributed by atoms with E-state index in [1.807, 2.05) is 0 Å². The molecule has 0 aromatic rings. The van der Waals surface area contributed by atoms with E-state index in [2.05, 4.69) is 5.32 Å². The van der Waals surface area contributed by atoms with Crippen molar-refractivity contribution in [2.24, 2.45) is 0 Å². The SMILES string of the molecule is COCCOCCCNCC(O)C(F)F. The molecule has 0 aliphatic rings. The van der Waals surface area contributed by atoms with Crippen LogP contribution in [0.4, 0.5) is 8.78 Å². The summed E-state index contributed by atoms with van der Waals surface area (Å²) in [6.07, 6.45) is -3.55. The molecule has 2 N–H and O–H groups in total. The van der Waals surface area contributed by atoms with Crippen molar-refractivity contribution in [2.45, 2.75) is 19.0 Å². The van der Waals surface area contributed by atoms with Crippen LogP contribution in [0.15, 0.2) is 0 Å². The van der Waals surface area contributed by atoms with Crippen LogP contribution in [-0.2, 0) is 9.47 Å². The lowest BCUT2D eigenvalue weighted by Gasteiger charge is -2.10. The maximum atomic E-state index is 11.8. The molecule has 1 atom stereocenters. The minimum atomic E-state index is -2.68. The summed E-state index contributed by atoms with van der Waals surface area (Å²) < 4.78 is 33.6. The van der Waals surface area contributed by atoms with Gasteiger partial charge >= 0.3 is 0 Å². The van der Waals surface area contributed by atoms with Gasteiger partial charge in [-0.1, -0.05) is 0 Å². The fourth-order valence-corrected chi connectivity index (χ4v) is 0.883. The Hall–Kier alpha value is -0.300. The van der Waals surface area contributed by atoms with Gasteiger partial charge in [0, 0.05) is 20.3 Å². The molecule has 4 nitrogen and oxygen atoms in total. The van der Waals surface area contributed by atoms with Crippen LogP contribution in [0.5, 0.6) is 0 Å². The zero-order valence-electron chi connectivity index (χ0n) is 8.92. The number of nitrogens with one attached hydrogen (secondary N) is 1. The lowest BCUT2D eigenvalue weighted by Crippen LogP contribution is -2.32. The fraction of sp³-hybridized carbons (Fsp3) is 1.00. The number of aliphatic hydroxyl groups is 1. The third-order valence-electron chi connectivity index (χ3n) is 1.72. The Labute approximate surface area is 88.6 Å². The van der Waals surface area contributed by atoms with E-state index in [-0.39, 0.29) is 6.54 Å². The van der Waals surface area contributed by atoms with Gasteiger partial charge in [-0.15, -0.1) is 0 Å². The molecule has 0 aromatic carbocycles. The van der Waals surface area contributed by atoms with Crippen molar-refractivity contribution < 1.29 is 23.4 Å². The van der Waals surface area contributed by atoms with Gasteiger partial charge in [0.15, 0.2) is 0 Å². The van der Waals surface area contributed by atoms with E-state index in [9.17, 15) is 8.78 Å². The van der Waals surface area contributed by atoms with Gasteiger partial charge in [0.25, 0.3) is 6.43 Å². The van der Waals surface area contributed by atoms with Crippen LogP contribution < -0.4 is 5.32 Å². The summed E-state index contributed by atoms with van der Waals surface area (Å²) in [4.78, 5) is 0. The first-order valence-electron chi connectivity index (χ1n) is 4.92. The Kier molecular flexibility index (Phi) is 10.0. The topological polar surface area (TPSA) is 50.7 Å². The number of ether oxygens (including phenoxy) is 2. The molecule has 0 amide bonds. The largest absolute Gasteiger partial charge is 0.386 e. The van der Waals surface area contributed by atoms with Gasteiger partial charge in [-0.2, -0.15) is 0 Å². The van der Waals surface area contributed by atoms with Gasteiger partial charge in [0.05, 0.1) is 13.2 Å². The first-order chi connectivity index (χ1) is 7.18. The van der Waals surface area contributed by atoms with Gasteiger partial charge in [0.2, 0.25) is 0 Å². The quantitative estimate of drug-likeness (QED) is 0.525. The second-order valence-electron chi connectivity index (χ2n) is 3.06. The van der Waals surface area contributed by atoms with Crippen molar-refractivity contribution in [2.75, 3.05) is 40.0 Å². The number of halogens is 2. The molecular weight excluding hydrogens is 208 g/mol. The molecule has 0 aliphatic carbocycles. The number of aliphatic hydroxyl groups excluding tert-OH is 1. The molecule has 0 saturated heterocycles. The van der Waals surface area contributed by atoms with E-state index in [0.717, 1.165) is 6.42 Å². The number of hydrogen-bond acceptors (Lipinski definition) is 4. The number of alkyl halides is 2. The third-order valence-corrected chi connectivity index (χ3v) is 1.72. The van der Waals surface area contributed by atoms with E-state index < -0.39 is 12.5 Å². The average molecular weight is 227 g/mol. The lowest BCUT2D eigenvalue weighted by molar-refractivity contribution is -0.00351. The smallest absolute Gasteiger partial charge is 0.265 e. The standard InChI is InChI=1S/C9H19F2NO3/c1-14-5-6-15-4-2-3-12-7-8(13)9(10)11/h8-9,12-13H,2-7H2,1H3. The van der Waals surface area contributed by atoms with E-state index in [4.69, 9.17) is 14.6 Å². The van der Waals surface area contributed by atoms with Crippen LogP contribution >= 0.6 is 0 Å². The number of methoxy groups -OCH3 is 1. The molecule has 0 radical (unpaired) electrons. The van der Waals surface area contributed by atoms with E-state index in [1.54, 1.807) is 7.11 Å². The molecule has 6 heteroatoms. The molecule has 0 bridgehead atoms. The predicted molar refractivity (Wildman–Crippen MR) is 52.2 cm³/mol. The Bertz CT molecular complexity index is 139. The Morgan fingerprint density at radius 3 is 2.60 bits per heavy atom. The van der Waals surface area contributed by atoms with E-state index in [0.29, 0.717) is 26.4 Å². The number of rotatable bonds is 10. The zero-order valence-corrected chi connectivity index (χ0v) is 8.92. The van der Waals surface area contributed by atoms with Crippen molar-refractivity contribution in [1.29, 1.82) is 0 Å². The zero-order chi connectivity index (χ0) is 11.5. The molecule has 0 aromatic heterocycles. The Morgan fingerprint density at radius 1 is 1.27 bits per heavy atom. The minimum absolute atomic E-state index is 0.0876. The number of hydrogen-bond donors (Lipinski definition) is 2. The second-order valence-corrected chi connectivity index (χ2v) is 3.06. The first-order valence-corrected chi connectivity index (χ1v) is 4.92. The van der Waals surface area contributed by atoms with Gasteiger partial charge in [0.1, 0.15) is 6.10 Å². The van der Waals surface area contributed by atoms with Crippen LogP contribution in [0, 0.1) is 0 Å². The molecular formula is C9H19F2NO3. The van der Waals surface area contributed by atoms with Crippen molar-refractivity contribution >= 4 is 0 Å². The Morgan fingerprint density at radius 2 is 2.00 bits per heavy atom. The molecule has 15 heavy (non-hydrogen) atoms.